The molecule has 21 heavy (non-hydrogen) atoms. The summed E-state index contributed by atoms with van der Waals surface area (Å²) in [5.41, 5.74) is 2.31. The van der Waals surface area contributed by atoms with Crippen molar-refractivity contribution in [2.24, 2.45) is 0 Å². The molecule has 1 aromatic heterocycles. The minimum Gasteiger partial charge on any atom is -0.0618 e. The number of fused-ring (bicyclic) bond motifs is 1. The van der Waals surface area contributed by atoms with Gasteiger partial charge in [0, 0.05) is 22.8 Å². The second-order valence-corrected chi connectivity index (χ2v) is 6.91. The summed E-state index contributed by atoms with van der Waals surface area (Å²) in [7, 11) is 2.88. The Morgan fingerprint density at radius 1 is 0.810 bits per heavy atom. The summed E-state index contributed by atoms with van der Waals surface area (Å²) in [4.78, 5) is 0. The Morgan fingerprint density at radius 2 is 1.57 bits per heavy atom. The first-order chi connectivity index (χ1) is 10.4. The van der Waals surface area contributed by atoms with Gasteiger partial charge < -0.3 is 0 Å². The lowest BCUT2D eigenvalue weighted by molar-refractivity contribution is -0.584. The second kappa shape index (κ2) is 5.36. The molecule has 0 saturated carbocycles. The molecule has 0 saturated heterocycles. The summed E-state index contributed by atoms with van der Waals surface area (Å²) in [6.07, 6.45) is 0. The van der Waals surface area contributed by atoms with E-state index in [-0.39, 0.29) is 0 Å². The summed E-state index contributed by atoms with van der Waals surface area (Å²) in [6, 6.07) is 25.2. The van der Waals surface area contributed by atoms with Crippen molar-refractivity contribution in [2.45, 2.75) is 0 Å². The van der Waals surface area contributed by atoms with Gasteiger partial charge in [-0.25, -0.2) is 0 Å². The maximum Gasteiger partial charge on any atom is 0.352 e. The normalized spacial score (nSPS) is 11.2. The van der Waals surface area contributed by atoms with Crippen LogP contribution in [0.15, 0.2) is 72.8 Å². The zero-order valence-corrected chi connectivity index (χ0v) is 12.9. The van der Waals surface area contributed by atoms with Crippen LogP contribution in [0.25, 0.3) is 27.0 Å². The zero-order chi connectivity index (χ0) is 14.1. The molecule has 0 bridgehead atoms. The van der Waals surface area contributed by atoms with E-state index in [1.54, 1.807) is 10.9 Å². The van der Waals surface area contributed by atoms with Gasteiger partial charge in [-0.15, -0.1) is 0 Å². The van der Waals surface area contributed by atoms with Gasteiger partial charge in [0.1, 0.15) is 0 Å². The Morgan fingerprint density at radius 3 is 2.43 bits per heavy atom. The minimum absolute atomic E-state index is 1.08. The lowest BCUT2D eigenvalue weighted by Gasteiger charge is -1.98. The van der Waals surface area contributed by atoms with Crippen LogP contribution < -0.4 is 4.44 Å². The van der Waals surface area contributed by atoms with Gasteiger partial charge in [0.15, 0.2) is 0 Å². The van der Waals surface area contributed by atoms with Crippen molar-refractivity contribution >= 4 is 29.2 Å². The summed E-state index contributed by atoms with van der Waals surface area (Å²) in [5, 5.41) is 8.33. The van der Waals surface area contributed by atoms with E-state index in [1.807, 2.05) is 22.6 Å². The molecule has 0 N–H and O–H groups in total. The van der Waals surface area contributed by atoms with E-state index in [4.69, 9.17) is 5.10 Å². The first-order valence-electron chi connectivity index (χ1n) is 6.71. The molecule has 4 aromatic rings. The molecule has 0 spiro atoms. The molecule has 0 atom stereocenters. The number of rotatable bonds is 2. The highest BCUT2D eigenvalue weighted by Crippen LogP contribution is 2.28. The van der Waals surface area contributed by atoms with Gasteiger partial charge in [0.25, 0.3) is 0 Å². The molecule has 3 aromatic carbocycles. The number of hydrogen-bond acceptors (Lipinski definition) is 2. The van der Waals surface area contributed by atoms with Crippen LogP contribution in [0.1, 0.15) is 0 Å². The molecular weight excluding hydrogens is 295 g/mol. The highest BCUT2D eigenvalue weighted by Gasteiger charge is 2.15. The molecule has 100 valence electrons. The molecule has 0 fully saturated rings. The second-order valence-electron chi connectivity index (χ2n) is 4.77. The van der Waals surface area contributed by atoms with Crippen molar-refractivity contribution in [3.63, 3.8) is 0 Å². The molecule has 4 rings (SSSR count). The zero-order valence-electron chi connectivity index (χ0n) is 11.2. The van der Waals surface area contributed by atoms with Crippen LogP contribution in [0.3, 0.4) is 0 Å². The van der Waals surface area contributed by atoms with Crippen molar-refractivity contribution in [3.8, 4) is 16.3 Å². The fourth-order valence-electron chi connectivity index (χ4n) is 2.30. The van der Waals surface area contributed by atoms with Gasteiger partial charge in [-0.05, 0) is 32.2 Å². The van der Waals surface area contributed by atoms with Crippen LogP contribution in [0.4, 0.5) is 0 Å². The highest BCUT2D eigenvalue weighted by molar-refractivity contribution is 7.77. The van der Waals surface area contributed by atoms with Crippen molar-refractivity contribution in [3.05, 3.63) is 72.8 Å². The average molecular weight is 307 g/mol. The molecule has 1 heterocycles. The van der Waals surface area contributed by atoms with Crippen LogP contribution in [0.2, 0.25) is 0 Å². The lowest BCUT2D eigenvalue weighted by atomic mass is 10.1. The average Bonchev–Trinajstić information content (AvgIpc) is 3.05. The van der Waals surface area contributed by atoms with E-state index in [0.29, 0.717) is 0 Å². The van der Waals surface area contributed by atoms with E-state index in [0.717, 1.165) is 18.2 Å². The highest BCUT2D eigenvalue weighted by atomic mass is 32.5. The van der Waals surface area contributed by atoms with Gasteiger partial charge >= 0.3 is 7.53 Å². The molecule has 0 aliphatic rings. The Hall–Kier alpha value is -2.09. The molecule has 0 aliphatic heterocycles. The number of nitrogens with zero attached hydrogens (tertiary/aromatic N) is 2. The molecular formula is C17H12N2PS+. The predicted octanol–water partition coefficient (Wildman–Crippen LogP) is 4.82. The maximum absolute atomic E-state index is 4.74. The molecule has 0 unspecified atom stereocenters. The fraction of sp³-hybridized carbons (Fsp3) is 0. The van der Waals surface area contributed by atoms with Gasteiger partial charge in [-0.1, -0.05) is 54.6 Å². The van der Waals surface area contributed by atoms with E-state index in [1.165, 1.54) is 16.3 Å². The minimum atomic E-state index is 1.08. The first-order valence-corrected chi connectivity index (χ1v) is 8.98. The molecule has 0 radical (unpaired) electrons. The third-order valence-electron chi connectivity index (χ3n) is 3.37. The van der Waals surface area contributed by atoms with E-state index in [9.17, 15) is 0 Å². The largest absolute Gasteiger partial charge is 0.352 e. The molecule has 0 amide bonds. The molecule has 2 nitrogen and oxygen atoms in total. The lowest BCUT2D eigenvalue weighted by Crippen LogP contribution is -2.27. The van der Waals surface area contributed by atoms with Gasteiger partial charge in [-0.3, -0.25) is 0 Å². The standard InChI is InChI=1S/C17H12N2PS/c1-2-8-16(9-3-1)19-18-17(21-20-19)15-11-10-13-6-4-5-7-14(13)12-15/h1-12H/q+1. The molecule has 0 aliphatic carbocycles. The fourth-order valence-corrected chi connectivity index (χ4v) is 4.50. The van der Waals surface area contributed by atoms with Gasteiger partial charge in [-0.2, -0.15) is 0 Å². The molecule has 4 heteroatoms. The Kier molecular flexibility index (Phi) is 3.23. The van der Waals surface area contributed by atoms with Crippen molar-refractivity contribution in [2.75, 3.05) is 0 Å². The summed E-state index contributed by atoms with van der Waals surface area (Å²) in [5.74, 6) is 0. The first kappa shape index (κ1) is 12.6. The maximum atomic E-state index is 4.74. The third kappa shape index (κ3) is 2.46. The van der Waals surface area contributed by atoms with Crippen LogP contribution in [-0.4, -0.2) is 5.10 Å². The van der Waals surface area contributed by atoms with Crippen molar-refractivity contribution in [1.82, 2.24) is 5.10 Å². The van der Waals surface area contributed by atoms with E-state index < -0.39 is 0 Å². The van der Waals surface area contributed by atoms with Crippen molar-refractivity contribution < 1.29 is 4.44 Å². The number of aromatic nitrogens is 2. The number of hydrogen-bond donors (Lipinski definition) is 0. The van der Waals surface area contributed by atoms with Crippen LogP contribution in [-0.2, 0) is 0 Å². The summed E-state index contributed by atoms with van der Waals surface area (Å²) < 4.78 is 2.02. The topological polar surface area (TPSA) is 16.8 Å². The van der Waals surface area contributed by atoms with Crippen molar-refractivity contribution in [1.29, 1.82) is 0 Å². The van der Waals surface area contributed by atoms with Crippen LogP contribution in [0.5, 0.6) is 0 Å². The summed E-state index contributed by atoms with van der Waals surface area (Å²) >= 11 is 0. The van der Waals surface area contributed by atoms with Gasteiger partial charge in [0.05, 0.1) is 0 Å². The number of benzene rings is 3. The number of para-hydroxylation sites is 1. The predicted molar refractivity (Wildman–Crippen MR) is 89.1 cm³/mol. The van der Waals surface area contributed by atoms with E-state index in [2.05, 4.69) is 54.6 Å². The Bertz CT molecular complexity index is 903. The SMILES string of the molecule is c1ccc(-[n+]2nc(-c3ccc4ccccc4c3)sp2)cc1. The quantitative estimate of drug-likeness (QED) is 0.519. The van der Waals surface area contributed by atoms with E-state index >= 15 is 0 Å². The van der Waals surface area contributed by atoms with Gasteiger partial charge in [0.2, 0.25) is 10.7 Å². The monoisotopic (exact) mass is 307 g/mol. The summed E-state index contributed by atoms with van der Waals surface area (Å²) in [6.45, 7) is 0. The van der Waals surface area contributed by atoms with Crippen LogP contribution in [0, 0.1) is 0 Å². The van der Waals surface area contributed by atoms with Crippen LogP contribution >= 0.6 is 18.5 Å². The smallest absolute Gasteiger partial charge is 0.0618 e. The Balaban J connectivity index is 1.77. The third-order valence-corrected chi connectivity index (χ3v) is 5.65. The Labute approximate surface area is 128 Å².